The zero-order chi connectivity index (χ0) is 23.1. The average Bonchev–Trinajstić information content (AvgIpc) is 3.32. The first-order chi connectivity index (χ1) is 16.0. The zero-order valence-corrected chi connectivity index (χ0v) is 19.0. The lowest BCUT2D eigenvalue weighted by Gasteiger charge is -2.18. The second-order valence-corrected chi connectivity index (χ2v) is 9.65. The first-order valence-electron chi connectivity index (χ1n) is 10.9. The number of carbonyl (C=O) groups excluding carboxylic acids is 1. The summed E-state index contributed by atoms with van der Waals surface area (Å²) in [6.45, 7) is 2.51. The summed E-state index contributed by atoms with van der Waals surface area (Å²) < 4.78 is 27.1. The van der Waals surface area contributed by atoms with Gasteiger partial charge in [0.1, 0.15) is 0 Å². The van der Waals surface area contributed by atoms with Crippen LogP contribution in [0.4, 0.5) is 11.4 Å². The van der Waals surface area contributed by atoms with Crippen LogP contribution >= 0.6 is 0 Å². The maximum atomic E-state index is 12.5. The molecule has 170 valence electrons. The molecule has 1 aliphatic rings. The Labute approximate surface area is 195 Å². The van der Waals surface area contributed by atoms with E-state index in [4.69, 9.17) is 0 Å². The lowest BCUT2D eigenvalue weighted by Crippen LogP contribution is -2.31. The van der Waals surface area contributed by atoms with Crippen molar-refractivity contribution in [2.45, 2.75) is 6.42 Å². The Kier molecular flexibility index (Phi) is 7.10. The van der Waals surface area contributed by atoms with Gasteiger partial charge in [0.15, 0.2) is 0 Å². The number of para-hydroxylation sites is 1. The third kappa shape index (κ3) is 6.46. The van der Waals surface area contributed by atoms with Crippen LogP contribution in [0.15, 0.2) is 90.3 Å². The molecule has 3 aromatic carbocycles. The minimum Gasteiger partial charge on any atom is -0.371 e. The predicted octanol–water partition coefficient (Wildman–Crippen LogP) is 4.36. The van der Waals surface area contributed by atoms with Gasteiger partial charge in [-0.25, -0.2) is 8.42 Å². The van der Waals surface area contributed by atoms with E-state index >= 15 is 0 Å². The molecule has 0 radical (unpaired) electrons. The number of nitrogens with zero attached hydrogens (tertiary/aromatic N) is 1. The van der Waals surface area contributed by atoms with E-state index in [2.05, 4.69) is 27.1 Å². The number of hydrogen-bond acceptors (Lipinski definition) is 4. The molecule has 1 heterocycles. The summed E-state index contributed by atoms with van der Waals surface area (Å²) in [6, 6.07) is 25.9. The summed E-state index contributed by atoms with van der Waals surface area (Å²) in [6.07, 6.45) is 2.57. The normalized spacial score (nSPS) is 16.1. The Morgan fingerprint density at radius 3 is 2.30 bits per heavy atom. The molecule has 3 aromatic rings. The largest absolute Gasteiger partial charge is 0.371 e. The van der Waals surface area contributed by atoms with Crippen molar-refractivity contribution in [3.05, 3.63) is 101 Å². The van der Waals surface area contributed by atoms with Crippen molar-refractivity contribution in [1.29, 1.82) is 0 Å². The molecule has 7 heteroatoms. The second-order valence-electron chi connectivity index (χ2n) is 8.08. The monoisotopic (exact) mass is 461 g/mol. The third-order valence-corrected chi connectivity index (χ3v) is 6.62. The molecular weight excluding hydrogens is 434 g/mol. The number of benzene rings is 3. The van der Waals surface area contributed by atoms with Crippen LogP contribution in [-0.4, -0.2) is 34.0 Å². The van der Waals surface area contributed by atoms with E-state index in [0.29, 0.717) is 23.7 Å². The molecule has 0 bridgehead atoms. The van der Waals surface area contributed by atoms with Gasteiger partial charge in [0.05, 0.1) is 5.41 Å². The van der Waals surface area contributed by atoms with E-state index in [1.54, 1.807) is 24.3 Å². The maximum absolute atomic E-state index is 12.5. The molecule has 6 nitrogen and oxygen atoms in total. The summed E-state index contributed by atoms with van der Waals surface area (Å²) in [4.78, 5) is 14.9. The standard InChI is InChI=1S/C26H27N3O3S/c30-26(27-19-22-15-17-29(20-22)25-9-5-2-6-10-25)23-11-13-24(14-12-23)28-33(31,32)18-16-21-7-3-1-4-8-21/h1-14,16,18,22,28H,15,17,19-20H2,(H,27,30)/b18-16+. The minimum atomic E-state index is -3.65. The molecule has 1 amide bonds. The number of nitrogens with one attached hydrogen (secondary N) is 2. The Morgan fingerprint density at radius 2 is 1.61 bits per heavy atom. The van der Waals surface area contributed by atoms with Gasteiger partial charge in [-0.15, -0.1) is 0 Å². The molecule has 1 unspecified atom stereocenters. The van der Waals surface area contributed by atoms with E-state index in [1.165, 1.54) is 11.8 Å². The minimum absolute atomic E-state index is 0.161. The van der Waals surface area contributed by atoms with E-state index in [-0.39, 0.29) is 5.91 Å². The maximum Gasteiger partial charge on any atom is 0.255 e. The molecule has 0 spiro atoms. The van der Waals surface area contributed by atoms with Gasteiger partial charge in [0, 0.05) is 36.6 Å². The third-order valence-electron chi connectivity index (χ3n) is 5.60. The molecule has 1 fully saturated rings. The highest BCUT2D eigenvalue weighted by Crippen LogP contribution is 2.23. The fraction of sp³-hybridized carbons (Fsp3) is 0.192. The van der Waals surface area contributed by atoms with Crippen molar-refractivity contribution in [3.63, 3.8) is 0 Å². The highest BCUT2D eigenvalue weighted by molar-refractivity contribution is 7.95. The van der Waals surface area contributed by atoms with Gasteiger partial charge in [0.2, 0.25) is 0 Å². The molecule has 0 aliphatic carbocycles. The molecule has 0 aromatic heterocycles. The van der Waals surface area contributed by atoms with Gasteiger partial charge >= 0.3 is 0 Å². The SMILES string of the molecule is O=C(NCC1CCN(c2ccccc2)C1)c1ccc(NS(=O)(=O)/C=C/c2ccccc2)cc1. The molecule has 0 saturated carbocycles. The lowest BCUT2D eigenvalue weighted by molar-refractivity contribution is 0.0948. The number of rotatable bonds is 8. The van der Waals surface area contributed by atoms with Crippen LogP contribution in [0.2, 0.25) is 0 Å². The van der Waals surface area contributed by atoms with Crippen LogP contribution in [0.5, 0.6) is 0 Å². The Hall–Kier alpha value is -3.58. The number of amides is 1. The fourth-order valence-corrected chi connectivity index (χ4v) is 4.70. The van der Waals surface area contributed by atoms with Crippen molar-refractivity contribution >= 4 is 33.4 Å². The van der Waals surface area contributed by atoms with Crippen LogP contribution in [0.1, 0.15) is 22.3 Å². The van der Waals surface area contributed by atoms with E-state index in [1.807, 2.05) is 48.5 Å². The smallest absolute Gasteiger partial charge is 0.255 e. The molecule has 1 saturated heterocycles. The van der Waals surface area contributed by atoms with E-state index in [0.717, 1.165) is 30.5 Å². The van der Waals surface area contributed by atoms with Crippen molar-refractivity contribution < 1.29 is 13.2 Å². The predicted molar refractivity (Wildman–Crippen MR) is 134 cm³/mol. The van der Waals surface area contributed by atoms with E-state index in [9.17, 15) is 13.2 Å². The van der Waals surface area contributed by atoms with Gasteiger partial charge in [-0.05, 0) is 60.4 Å². The molecule has 1 aliphatic heterocycles. The highest BCUT2D eigenvalue weighted by Gasteiger charge is 2.23. The molecule has 2 N–H and O–H groups in total. The fourth-order valence-electron chi connectivity index (χ4n) is 3.83. The summed E-state index contributed by atoms with van der Waals surface area (Å²) in [7, 11) is -3.65. The average molecular weight is 462 g/mol. The summed E-state index contributed by atoms with van der Waals surface area (Å²) in [5.74, 6) is 0.239. The second kappa shape index (κ2) is 10.4. The van der Waals surface area contributed by atoms with Crippen LogP contribution in [0.3, 0.4) is 0 Å². The first kappa shape index (κ1) is 22.6. The number of carbonyl (C=O) groups is 1. The van der Waals surface area contributed by atoms with Gasteiger partial charge in [0.25, 0.3) is 15.9 Å². The van der Waals surface area contributed by atoms with Gasteiger partial charge in [-0.3, -0.25) is 9.52 Å². The number of sulfonamides is 1. The van der Waals surface area contributed by atoms with Gasteiger partial charge in [-0.2, -0.15) is 0 Å². The van der Waals surface area contributed by atoms with Crippen molar-refractivity contribution in [1.82, 2.24) is 5.32 Å². The Bertz CT molecular complexity index is 1190. The molecule has 33 heavy (non-hydrogen) atoms. The quantitative estimate of drug-likeness (QED) is 0.523. The van der Waals surface area contributed by atoms with Crippen LogP contribution in [0.25, 0.3) is 6.08 Å². The Morgan fingerprint density at radius 1 is 0.939 bits per heavy atom. The highest BCUT2D eigenvalue weighted by atomic mass is 32.2. The van der Waals surface area contributed by atoms with Crippen LogP contribution < -0.4 is 14.9 Å². The van der Waals surface area contributed by atoms with Gasteiger partial charge in [-0.1, -0.05) is 48.5 Å². The van der Waals surface area contributed by atoms with Gasteiger partial charge < -0.3 is 10.2 Å². The number of hydrogen-bond donors (Lipinski definition) is 2. The lowest BCUT2D eigenvalue weighted by atomic mass is 10.1. The van der Waals surface area contributed by atoms with Crippen molar-refractivity contribution in [2.24, 2.45) is 5.92 Å². The summed E-state index contributed by atoms with van der Waals surface area (Å²) in [5.41, 5.74) is 2.90. The molecule has 1 atom stereocenters. The topological polar surface area (TPSA) is 78.5 Å². The number of anilines is 2. The van der Waals surface area contributed by atoms with Crippen LogP contribution in [0, 0.1) is 5.92 Å². The first-order valence-corrected chi connectivity index (χ1v) is 12.5. The Balaban J connectivity index is 1.27. The van der Waals surface area contributed by atoms with E-state index < -0.39 is 10.0 Å². The summed E-state index contributed by atoms with van der Waals surface area (Å²) in [5, 5.41) is 4.13. The summed E-state index contributed by atoms with van der Waals surface area (Å²) >= 11 is 0. The van der Waals surface area contributed by atoms with Crippen LogP contribution in [-0.2, 0) is 10.0 Å². The van der Waals surface area contributed by atoms with Crippen molar-refractivity contribution in [3.8, 4) is 0 Å². The zero-order valence-electron chi connectivity index (χ0n) is 18.2. The molecular formula is C26H27N3O3S. The van der Waals surface area contributed by atoms with Crippen molar-refractivity contribution in [2.75, 3.05) is 29.3 Å². The molecule has 4 rings (SSSR count).